The molecule has 4 amide bonds. The van der Waals surface area contributed by atoms with E-state index >= 15 is 0 Å². The van der Waals surface area contributed by atoms with E-state index in [0.29, 0.717) is 32.5 Å². The van der Waals surface area contributed by atoms with Gasteiger partial charge in [-0.05, 0) is 48.0 Å². The van der Waals surface area contributed by atoms with Gasteiger partial charge in [0.15, 0.2) is 0 Å². The number of fused-ring (bicyclic) bond motifs is 1. The number of carbonyl (C=O) groups is 3. The minimum atomic E-state index is -0.427. The van der Waals surface area contributed by atoms with Gasteiger partial charge < -0.3 is 10.6 Å². The van der Waals surface area contributed by atoms with Crippen LogP contribution in [0.3, 0.4) is 0 Å². The van der Waals surface area contributed by atoms with Crippen molar-refractivity contribution in [3.63, 3.8) is 0 Å². The van der Waals surface area contributed by atoms with Crippen LogP contribution < -0.4 is 15.5 Å². The van der Waals surface area contributed by atoms with E-state index in [1.165, 1.54) is 6.07 Å². The van der Waals surface area contributed by atoms with Crippen LogP contribution in [0.1, 0.15) is 26.3 Å². The summed E-state index contributed by atoms with van der Waals surface area (Å²) in [5.74, 6) is -0.693. The van der Waals surface area contributed by atoms with Gasteiger partial charge in [0.25, 0.3) is 11.8 Å². The maximum absolute atomic E-state index is 12.6. The molecule has 0 saturated heterocycles. The molecule has 30 heavy (non-hydrogen) atoms. The van der Waals surface area contributed by atoms with Crippen molar-refractivity contribution >= 4 is 52.4 Å². The molecular weight excluding hydrogens is 425 g/mol. The summed E-state index contributed by atoms with van der Waals surface area (Å²) in [4.78, 5) is 38.4. The van der Waals surface area contributed by atoms with E-state index < -0.39 is 6.03 Å². The zero-order valence-corrected chi connectivity index (χ0v) is 17.0. The van der Waals surface area contributed by atoms with Crippen LogP contribution in [0, 0.1) is 0 Å². The van der Waals surface area contributed by atoms with Gasteiger partial charge in [-0.25, -0.2) is 9.69 Å². The Morgan fingerprint density at radius 1 is 0.867 bits per heavy atom. The Morgan fingerprint density at radius 2 is 1.50 bits per heavy atom. The van der Waals surface area contributed by atoms with E-state index in [1.807, 2.05) is 0 Å². The summed E-state index contributed by atoms with van der Waals surface area (Å²) >= 11 is 11.9. The molecule has 0 bridgehead atoms. The standard InChI is InChI=1S/C22H15Cl2N3O3/c23-14-7-10-19(18(24)11-14)26-22(30)25-12-13-5-8-15(9-6-13)27-20(28)16-3-1-2-4-17(16)21(27)29/h1-11H,12H2,(H2,25,26,30). The number of halogens is 2. The van der Waals surface area contributed by atoms with Gasteiger partial charge in [0.2, 0.25) is 0 Å². The lowest BCUT2D eigenvalue weighted by molar-refractivity contribution is 0.0926. The van der Waals surface area contributed by atoms with Crippen molar-refractivity contribution in [1.82, 2.24) is 5.32 Å². The highest BCUT2D eigenvalue weighted by Gasteiger charge is 2.36. The van der Waals surface area contributed by atoms with Crippen LogP contribution >= 0.6 is 23.2 Å². The Hall–Kier alpha value is -3.35. The van der Waals surface area contributed by atoms with Crippen molar-refractivity contribution in [2.45, 2.75) is 6.54 Å². The fourth-order valence-electron chi connectivity index (χ4n) is 3.13. The number of nitrogens with zero attached hydrogens (tertiary/aromatic N) is 1. The first-order valence-electron chi connectivity index (χ1n) is 9.01. The highest BCUT2D eigenvalue weighted by Crippen LogP contribution is 2.28. The van der Waals surface area contributed by atoms with E-state index in [2.05, 4.69) is 10.6 Å². The maximum Gasteiger partial charge on any atom is 0.319 e. The van der Waals surface area contributed by atoms with Crippen LogP contribution in [0.25, 0.3) is 0 Å². The molecule has 6 nitrogen and oxygen atoms in total. The Labute approximate surface area is 182 Å². The lowest BCUT2D eigenvalue weighted by Gasteiger charge is -2.14. The molecule has 150 valence electrons. The van der Waals surface area contributed by atoms with Crippen LogP contribution in [0.5, 0.6) is 0 Å². The third-order valence-electron chi connectivity index (χ3n) is 4.62. The summed E-state index contributed by atoms with van der Waals surface area (Å²) in [6, 6.07) is 17.9. The van der Waals surface area contributed by atoms with Gasteiger partial charge in [-0.3, -0.25) is 9.59 Å². The number of benzene rings is 3. The molecule has 4 rings (SSSR count). The molecule has 3 aromatic rings. The van der Waals surface area contributed by atoms with Crippen molar-refractivity contribution in [3.8, 4) is 0 Å². The molecule has 8 heteroatoms. The molecule has 0 aliphatic carbocycles. The molecule has 3 aromatic carbocycles. The second kappa shape index (κ2) is 8.18. The summed E-state index contributed by atoms with van der Waals surface area (Å²) in [6.07, 6.45) is 0. The number of hydrogen-bond acceptors (Lipinski definition) is 3. The topological polar surface area (TPSA) is 78.5 Å². The highest BCUT2D eigenvalue weighted by molar-refractivity contribution is 6.36. The molecule has 0 atom stereocenters. The Morgan fingerprint density at radius 3 is 2.10 bits per heavy atom. The van der Waals surface area contributed by atoms with E-state index in [9.17, 15) is 14.4 Å². The third-order valence-corrected chi connectivity index (χ3v) is 5.17. The first-order chi connectivity index (χ1) is 14.4. The number of carbonyl (C=O) groups excluding carboxylic acids is 3. The first kappa shape index (κ1) is 19.9. The number of amides is 4. The largest absolute Gasteiger partial charge is 0.334 e. The van der Waals surface area contributed by atoms with E-state index in [1.54, 1.807) is 60.7 Å². The monoisotopic (exact) mass is 439 g/mol. The van der Waals surface area contributed by atoms with Gasteiger partial charge in [-0.1, -0.05) is 47.5 Å². The first-order valence-corrected chi connectivity index (χ1v) is 9.76. The Bertz CT molecular complexity index is 1130. The normalized spacial score (nSPS) is 12.7. The highest BCUT2D eigenvalue weighted by atomic mass is 35.5. The van der Waals surface area contributed by atoms with Crippen LogP contribution in [-0.4, -0.2) is 17.8 Å². The van der Waals surface area contributed by atoms with Crippen molar-refractivity contribution in [1.29, 1.82) is 0 Å². The molecule has 1 aliphatic rings. The van der Waals surface area contributed by atoms with Gasteiger partial charge in [-0.2, -0.15) is 0 Å². The van der Waals surface area contributed by atoms with Crippen LogP contribution in [0.2, 0.25) is 10.0 Å². The second-order valence-corrected chi connectivity index (χ2v) is 7.43. The minimum absolute atomic E-state index is 0.249. The Kier molecular flexibility index (Phi) is 5.44. The van der Waals surface area contributed by atoms with E-state index in [0.717, 1.165) is 10.5 Å². The number of urea groups is 1. The molecule has 0 fully saturated rings. The summed E-state index contributed by atoms with van der Waals surface area (Å²) in [7, 11) is 0. The zero-order valence-electron chi connectivity index (χ0n) is 15.5. The average Bonchev–Trinajstić information content (AvgIpc) is 3.00. The SMILES string of the molecule is O=C(NCc1ccc(N2C(=O)c3ccccc3C2=O)cc1)Nc1ccc(Cl)cc1Cl. The third kappa shape index (κ3) is 3.87. The molecule has 0 spiro atoms. The maximum atomic E-state index is 12.6. The van der Waals surface area contributed by atoms with Crippen LogP contribution in [0.15, 0.2) is 66.7 Å². The number of nitrogens with one attached hydrogen (secondary N) is 2. The summed E-state index contributed by atoms with van der Waals surface area (Å²) in [5.41, 5.74) is 2.51. The van der Waals surface area contributed by atoms with E-state index in [-0.39, 0.29) is 18.4 Å². The Balaban J connectivity index is 1.39. The van der Waals surface area contributed by atoms with Gasteiger partial charge in [0.05, 0.1) is 27.5 Å². The lowest BCUT2D eigenvalue weighted by Crippen LogP contribution is -2.29. The smallest absolute Gasteiger partial charge is 0.319 e. The zero-order chi connectivity index (χ0) is 21.3. The average molecular weight is 440 g/mol. The number of anilines is 2. The lowest BCUT2D eigenvalue weighted by atomic mass is 10.1. The van der Waals surface area contributed by atoms with Crippen molar-refractivity contribution in [3.05, 3.63) is 93.5 Å². The summed E-state index contributed by atoms with van der Waals surface area (Å²) in [5, 5.41) is 6.18. The molecule has 0 aromatic heterocycles. The quantitative estimate of drug-likeness (QED) is 0.553. The summed E-state index contributed by atoms with van der Waals surface area (Å²) < 4.78 is 0. The molecule has 1 heterocycles. The van der Waals surface area contributed by atoms with Crippen molar-refractivity contribution in [2.24, 2.45) is 0 Å². The van der Waals surface area contributed by atoms with Crippen LogP contribution in [-0.2, 0) is 6.54 Å². The predicted octanol–water partition coefficient (Wildman–Crippen LogP) is 5.12. The van der Waals surface area contributed by atoms with Gasteiger partial charge >= 0.3 is 6.03 Å². The molecular formula is C22H15Cl2N3O3. The second-order valence-electron chi connectivity index (χ2n) is 6.59. The minimum Gasteiger partial charge on any atom is -0.334 e. The van der Waals surface area contributed by atoms with Crippen LogP contribution in [0.4, 0.5) is 16.2 Å². The number of hydrogen-bond donors (Lipinski definition) is 2. The summed E-state index contributed by atoms with van der Waals surface area (Å²) in [6.45, 7) is 0.249. The van der Waals surface area contributed by atoms with Crippen molar-refractivity contribution < 1.29 is 14.4 Å². The van der Waals surface area contributed by atoms with Gasteiger partial charge in [0.1, 0.15) is 0 Å². The fourth-order valence-corrected chi connectivity index (χ4v) is 3.58. The molecule has 0 unspecified atom stereocenters. The number of imide groups is 1. The van der Waals surface area contributed by atoms with Gasteiger partial charge in [0, 0.05) is 11.6 Å². The molecule has 0 saturated carbocycles. The van der Waals surface area contributed by atoms with Gasteiger partial charge in [-0.15, -0.1) is 0 Å². The van der Waals surface area contributed by atoms with E-state index in [4.69, 9.17) is 23.2 Å². The van der Waals surface area contributed by atoms with Crippen molar-refractivity contribution in [2.75, 3.05) is 10.2 Å². The fraction of sp³-hybridized carbons (Fsp3) is 0.0455. The molecule has 0 radical (unpaired) electrons. The molecule has 2 N–H and O–H groups in total. The molecule has 1 aliphatic heterocycles. The predicted molar refractivity (Wildman–Crippen MR) is 116 cm³/mol. The number of rotatable bonds is 4.